The van der Waals surface area contributed by atoms with Crippen LogP contribution in [0.4, 0.5) is 11.4 Å². The van der Waals surface area contributed by atoms with Crippen LogP contribution in [0.3, 0.4) is 0 Å². The molecule has 0 atom stereocenters. The number of anilines is 2. The Morgan fingerprint density at radius 3 is 2.64 bits per heavy atom. The summed E-state index contributed by atoms with van der Waals surface area (Å²) in [6, 6.07) is 5.00. The van der Waals surface area contributed by atoms with Gasteiger partial charge in [-0.1, -0.05) is 25.4 Å². The normalized spacial score (nSPS) is 10.3. The third-order valence-electron chi connectivity index (χ3n) is 1.78. The van der Waals surface area contributed by atoms with E-state index in [0.717, 1.165) is 0 Å². The minimum Gasteiger partial charge on any atom is -0.399 e. The highest BCUT2D eigenvalue weighted by Crippen LogP contribution is 2.24. The van der Waals surface area contributed by atoms with Gasteiger partial charge in [0.25, 0.3) is 0 Å². The van der Waals surface area contributed by atoms with Crippen molar-refractivity contribution in [3.05, 3.63) is 23.2 Å². The number of nitrogens with one attached hydrogen (secondary N) is 1. The van der Waals surface area contributed by atoms with Crippen LogP contribution in [0.5, 0.6) is 0 Å². The number of rotatable bonds is 2. The van der Waals surface area contributed by atoms with E-state index >= 15 is 0 Å². The van der Waals surface area contributed by atoms with Gasteiger partial charge in [0.05, 0.1) is 10.7 Å². The fraction of sp³-hybridized carbons (Fsp3) is 0.300. The van der Waals surface area contributed by atoms with Crippen molar-refractivity contribution in [3.63, 3.8) is 0 Å². The predicted octanol–water partition coefficient (Wildman–Crippen LogP) is 2.52. The quantitative estimate of drug-likeness (QED) is 0.741. The molecule has 3 N–H and O–H groups in total. The molecular formula is C10H13ClN2O. The lowest BCUT2D eigenvalue weighted by atomic mass is 10.2. The van der Waals surface area contributed by atoms with Gasteiger partial charge >= 0.3 is 0 Å². The minimum atomic E-state index is -0.0661. The average Bonchev–Trinajstić information content (AvgIpc) is 2.09. The zero-order valence-corrected chi connectivity index (χ0v) is 8.93. The molecule has 0 spiro atoms. The number of nitrogen functional groups attached to an aromatic ring is 1. The van der Waals surface area contributed by atoms with Crippen LogP contribution < -0.4 is 11.1 Å². The summed E-state index contributed by atoms with van der Waals surface area (Å²) in [6.07, 6.45) is 0. The van der Waals surface area contributed by atoms with Crippen molar-refractivity contribution in [2.45, 2.75) is 13.8 Å². The third-order valence-corrected chi connectivity index (χ3v) is 2.09. The molecular weight excluding hydrogens is 200 g/mol. The van der Waals surface area contributed by atoms with E-state index in [1.54, 1.807) is 18.2 Å². The Hall–Kier alpha value is -1.22. The second-order valence-electron chi connectivity index (χ2n) is 3.38. The van der Waals surface area contributed by atoms with Crippen molar-refractivity contribution in [1.29, 1.82) is 0 Å². The van der Waals surface area contributed by atoms with Crippen molar-refractivity contribution in [2.24, 2.45) is 5.92 Å². The Morgan fingerprint density at radius 1 is 1.50 bits per heavy atom. The maximum atomic E-state index is 11.3. The van der Waals surface area contributed by atoms with E-state index in [9.17, 15) is 4.79 Å². The number of carbonyl (C=O) groups is 1. The molecule has 0 saturated carbocycles. The predicted molar refractivity (Wildman–Crippen MR) is 59.3 cm³/mol. The van der Waals surface area contributed by atoms with Crippen LogP contribution >= 0.6 is 11.6 Å². The summed E-state index contributed by atoms with van der Waals surface area (Å²) in [5.41, 5.74) is 6.70. The summed E-state index contributed by atoms with van der Waals surface area (Å²) in [5, 5.41) is 3.17. The van der Waals surface area contributed by atoms with E-state index in [1.807, 2.05) is 13.8 Å². The van der Waals surface area contributed by atoms with E-state index in [0.29, 0.717) is 16.4 Å². The summed E-state index contributed by atoms with van der Waals surface area (Å²) < 4.78 is 0. The fourth-order valence-electron chi connectivity index (χ4n) is 0.910. The first-order chi connectivity index (χ1) is 6.50. The highest BCUT2D eigenvalue weighted by atomic mass is 35.5. The number of nitrogens with two attached hydrogens (primary N) is 1. The average molecular weight is 213 g/mol. The van der Waals surface area contributed by atoms with Crippen LogP contribution in [0.25, 0.3) is 0 Å². The number of hydrogen-bond donors (Lipinski definition) is 2. The highest BCUT2D eigenvalue weighted by molar-refractivity contribution is 6.34. The van der Waals surface area contributed by atoms with Crippen LogP contribution in [0, 0.1) is 5.92 Å². The molecule has 0 aliphatic heterocycles. The summed E-state index contributed by atoms with van der Waals surface area (Å²) in [6.45, 7) is 3.64. The second-order valence-corrected chi connectivity index (χ2v) is 3.79. The van der Waals surface area contributed by atoms with Gasteiger partial charge in [-0.05, 0) is 18.2 Å². The van der Waals surface area contributed by atoms with Crippen molar-refractivity contribution in [3.8, 4) is 0 Å². The lowest BCUT2D eigenvalue weighted by Crippen LogP contribution is -2.17. The lowest BCUT2D eigenvalue weighted by Gasteiger charge is -2.09. The molecule has 1 aromatic rings. The molecule has 3 nitrogen and oxygen atoms in total. The Labute approximate surface area is 88.2 Å². The van der Waals surface area contributed by atoms with Gasteiger partial charge in [-0.3, -0.25) is 4.79 Å². The molecule has 0 aromatic heterocycles. The molecule has 0 aliphatic carbocycles. The van der Waals surface area contributed by atoms with Gasteiger partial charge in [-0.15, -0.1) is 0 Å². The van der Waals surface area contributed by atoms with Crippen molar-refractivity contribution in [2.75, 3.05) is 11.1 Å². The number of hydrogen-bond acceptors (Lipinski definition) is 2. The smallest absolute Gasteiger partial charge is 0.226 e. The molecule has 0 radical (unpaired) electrons. The van der Waals surface area contributed by atoms with E-state index < -0.39 is 0 Å². The number of halogens is 1. The van der Waals surface area contributed by atoms with Crippen molar-refractivity contribution < 1.29 is 4.79 Å². The standard InChI is InChI=1S/C10H13ClN2O/c1-6(2)10(14)13-9-4-3-7(12)5-8(9)11/h3-6H,12H2,1-2H3,(H,13,14). The van der Waals surface area contributed by atoms with Gasteiger partial charge in [0.15, 0.2) is 0 Å². The van der Waals surface area contributed by atoms with E-state index in [4.69, 9.17) is 17.3 Å². The minimum absolute atomic E-state index is 0.0586. The Balaban J connectivity index is 2.82. The van der Waals surface area contributed by atoms with Crippen LogP contribution in [0.1, 0.15) is 13.8 Å². The zero-order valence-electron chi connectivity index (χ0n) is 8.17. The molecule has 1 aromatic carbocycles. The van der Waals surface area contributed by atoms with E-state index in [1.165, 1.54) is 0 Å². The molecule has 14 heavy (non-hydrogen) atoms. The highest BCUT2D eigenvalue weighted by Gasteiger charge is 2.09. The molecule has 0 fully saturated rings. The van der Waals surface area contributed by atoms with E-state index in [2.05, 4.69) is 5.32 Å². The fourth-order valence-corrected chi connectivity index (χ4v) is 1.15. The molecule has 0 saturated heterocycles. The van der Waals surface area contributed by atoms with Crippen LogP contribution in [-0.4, -0.2) is 5.91 Å². The molecule has 0 aliphatic rings. The van der Waals surface area contributed by atoms with E-state index in [-0.39, 0.29) is 11.8 Å². The molecule has 0 unspecified atom stereocenters. The lowest BCUT2D eigenvalue weighted by molar-refractivity contribution is -0.118. The summed E-state index contributed by atoms with van der Waals surface area (Å²) in [7, 11) is 0. The van der Waals surface area contributed by atoms with Crippen LogP contribution in [0.2, 0.25) is 5.02 Å². The molecule has 4 heteroatoms. The number of carbonyl (C=O) groups excluding carboxylic acids is 1. The Morgan fingerprint density at radius 2 is 2.14 bits per heavy atom. The van der Waals surface area contributed by atoms with Gasteiger partial charge in [-0.25, -0.2) is 0 Å². The first-order valence-electron chi connectivity index (χ1n) is 4.36. The van der Waals surface area contributed by atoms with Gasteiger partial charge in [0.2, 0.25) is 5.91 Å². The van der Waals surface area contributed by atoms with Gasteiger partial charge in [0, 0.05) is 11.6 Å². The van der Waals surface area contributed by atoms with Crippen LogP contribution in [0.15, 0.2) is 18.2 Å². The first-order valence-corrected chi connectivity index (χ1v) is 4.74. The maximum Gasteiger partial charge on any atom is 0.226 e. The summed E-state index contributed by atoms with van der Waals surface area (Å²) in [4.78, 5) is 11.3. The van der Waals surface area contributed by atoms with Gasteiger partial charge in [-0.2, -0.15) is 0 Å². The van der Waals surface area contributed by atoms with Crippen molar-refractivity contribution >= 4 is 28.9 Å². The molecule has 0 bridgehead atoms. The largest absolute Gasteiger partial charge is 0.399 e. The maximum absolute atomic E-state index is 11.3. The molecule has 0 heterocycles. The topological polar surface area (TPSA) is 55.1 Å². The molecule has 76 valence electrons. The third kappa shape index (κ3) is 2.64. The summed E-state index contributed by atoms with van der Waals surface area (Å²) >= 11 is 5.88. The Kier molecular flexibility index (Phi) is 3.36. The second kappa shape index (κ2) is 4.33. The van der Waals surface area contributed by atoms with Crippen LogP contribution in [-0.2, 0) is 4.79 Å². The molecule has 1 rings (SSSR count). The van der Waals surface area contributed by atoms with Gasteiger partial charge in [0.1, 0.15) is 0 Å². The zero-order chi connectivity index (χ0) is 10.7. The Bertz CT molecular complexity index is 350. The summed E-state index contributed by atoms with van der Waals surface area (Å²) in [5.74, 6) is -0.125. The number of benzene rings is 1. The monoisotopic (exact) mass is 212 g/mol. The SMILES string of the molecule is CC(C)C(=O)Nc1ccc(N)cc1Cl. The number of amides is 1. The molecule has 1 amide bonds. The van der Waals surface area contributed by atoms with Gasteiger partial charge < -0.3 is 11.1 Å². The van der Waals surface area contributed by atoms with Crippen molar-refractivity contribution in [1.82, 2.24) is 0 Å². The first kappa shape index (κ1) is 10.9.